The molecule has 4 nitrogen and oxygen atoms in total. The van der Waals surface area contributed by atoms with Gasteiger partial charge in [-0.1, -0.05) is 0 Å². The second kappa shape index (κ2) is 3.53. The average molecular weight is 144 g/mol. The van der Waals surface area contributed by atoms with Gasteiger partial charge in [-0.2, -0.15) is 0 Å². The van der Waals surface area contributed by atoms with Crippen LogP contribution < -0.4 is 5.11 Å². The van der Waals surface area contributed by atoms with Gasteiger partial charge in [-0.3, -0.25) is 4.79 Å². The molecule has 1 aliphatic rings. The van der Waals surface area contributed by atoms with Crippen molar-refractivity contribution in [2.75, 3.05) is 32.9 Å². The summed E-state index contributed by atoms with van der Waals surface area (Å²) in [6, 6.07) is 0. The van der Waals surface area contributed by atoms with E-state index in [0.29, 0.717) is 19.7 Å². The quantitative estimate of drug-likeness (QED) is 0.459. The maximum Gasteiger partial charge on any atom is 0.248 e. The Morgan fingerprint density at radius 1 is 1.70 bits per heavy atom. The van der Waals surface area contributed by atoms with E-state index in [1.165, 1.54) is 4.90 Å². The lowest BCUT2D eigenvalue weighted by atomic mass is 10.4. The van der Waals surface area contributed by atoms with Crippen molar-refractivity contribution in [1.82, 2.24) is 4.90 Å². The number of hydrogen-bond donors (Lipinski definition) is 0. The minimum Gasteiger partial charge on any atom is -0.853 e. The average Bonchev–Trinajstić information content (AvgIpc) is 1.94. The van der Waals surface area contributed by atoms with Gasteiger partial charge in [0.15, 0.2) is 0 Å². The van der Waals surface area contributed by atoms with E-state index < -0.39 is 0 Å². The van der Waals surface area contributed by atoms with Gasteiger partial charge in [-0.15, -0.1) is 6.61 Å². The number of amides is 1. The van der Waals surface area contributed by atoms with Gasteiger partial charge in [0.05, 0.1) is 6.61 Å². The number of rotatable bonds is 2. The molecule has 1 rings (SSSR count). The highest BCUT2D eigenvalue weighted by atomic mass is 16.5. The van der Waals surface area contributed by atoms with Crippen LogP contribution in [-0.2, 0) is 9.53 Å². The Hall–Kier alpha value is -0.610. The predicted octanol–water partition coefficient (Wildman–Crippen LogP) is -1.79. The predicted molar refractivity (Wildman–Crippen MR) is 32.3 cm³/mol. The molecule has 0 spiro atoms. The zero-order valence-electron chi connectivity index (χ0n) is 5.71. The first-order valence-electron chi connectivity index (χ1n) is 3.28. The lowest BCUT2D eigenvalue weighted by molar-refractivity contribution is -0.368. The zero-order valence-corrected chi connectivity index (χ0v) is 5.71. The number of nitrogens with zero attached hydrogens (tertiary/aromatic N) is 1. The van der Waals surface area contributed by atoms with E-state index in [9.17, 15) is 9.90 Å². The summed E-state index contributed by atoms with van der Waals surface area (Å²) in [7, 11) is 0. The van der Waals surface area contributed by atoms with Crippen LogP contribution in [0.3, 0.4) is 0 Å². The van der Waals surface area contributed by atoms with E-state index in [0.717, 1.165) is 0 Å². The molecule has 0 radical (unpaired) electrons. The molecule has 0 atom stereocenters. The Balaban J connectivity index is 2.32. The van der Waals surface area contributed by atoms with E-state index in [4.69, 9.17) is 4.74 Å². The Morgan fingerprint density at radius 3 is 3.10 bits per heavy atom. The number of morpholine rings is 1. The van der Waals surface area contributed by atoms with Crippen LogP contribution in [0.4, 0.5) is 0 Å². The van der Waals surface area contributed by atoms with Crippen LogP contribution in [0.15, 0.2) is 0 Å². The summed E-state index contributed by atoms with van der Waals surface area (Å²) in [5.74, 6) is -0.0675. The van der Waals surface area contributed by atoms with E-state index in [1.807, 2.05) is 0 Å². The van der Waals surface area contributed by atoms with Crippen LogP contribution in [0.1, 0.15) is 0 Å². The number of carbonyl (C=O) groups is 1. The maximum atomic E-state index is 10.8. The van der Waals surface area contributed by atoms with Gasteiger partial charge in [-0.25, -0.2) is 0 Å². The van der Waals surface area contributed by atoms with Gasteiger partial charge >= 0.3 is 0 Å². The van der Waals surface area contributed by atoms with Crippen molar-refractivity contribution in [3.8, 4) is 0 Å². The fourth-order valence-electron chi connectivity index (χ4n) is 0.897. The largest absolute Gasteiger partial charge is 0.853 e. The summed E-state index contributed by atoms with van der Waals surface area (Å²) in [6.07, 6.45) is 0. The molecular formula is C6H10NO3-. The number of hydrogen-bond acceptors (Lipinski definition) is 3. The van der Waals surface area contributed by atoms with Crippen LogP contribution in [0.2, 0.25) is 0 Å². The summed E-state index contributed by atoms with van der Waals surface area (Å²) in [4.78, 5) is 12.4. The third-order valence-corrected chi connectivity index (χ3v) is 1.44. The Bertz CT molecular complexity index is 124. The number of ether oxygens (including phenoxy) is 1. The molecule has 1 fully saturated rings. The molecular weight excluding hydrogens is 134 g/mol. The van der Waals surface area contributed by atoms with Crippen LogP contribution in [0.25, 0.3) is 0 Å². The molecule has 1 amide bonds. The highest BCUT2D eigenvalue weighted by Gasteiger charge is 2.15. The lowest BCUT2D eigenvalue weighted by Crippen LogP contribution is -2.44. The molecule has 0 unspecified atom stereocenters. The zero-order chi connectivity index (χ0) is 7.40. The summed E-state index contributed by atoms with van der Waals surface area (Å²) in [6.45, 7) is 1.38. The molecule has 1 saturated heterocycles. The molecule has 58 valence electrons. The van der Waals surface area contributed by atoms with Crippen molar-refractivity contribution in [2.24, 2.45) is 0 Å². The maximum absolute atomic E-state index is 10.8. The van der Waals surface area contributed by atoms with Gasteiger partial charge in [0.25, 0.3) is 0 Å². The van der Waals surface area contributed by atoms with Crippen molar-refractivity contribution >= 4 is 5.91 Å². The third kappa shape index (κ3) is 1.68. The van der Waals surface area contributed by atoms with Crippen molar-refractivity contribution < 1.29 is 14.6 Å². The Labute approximate surface area is 59.4 Å². The molecule has 0 N–H and O–H groups in total. The van der Waals surface area contributed by atoms with Gasteiger partial charge in [0.1, 0.15) is 6.61 Å². The van der Waals surface area contributed by atoms with Gasteiger partial charge < -0.3 is 14.7 Å². The Kier molecular flexibility index (Phi) is 2.65. The first-order valence-corrected chi connectivity index (χ1v) is 3.28. The fraction of sp³-hybridized carbons (Fsp3) is 0.833. The molecule has 0 aromatic carbocycles. The second-order valence-corrected chi connectivity index (χ2v) is 2.14. The molecule has 1 heterocycles. The van der Waals surface area contributed by atoms with E-state index >= 15 is 0 Å². The van der Waals surface area contributed by atoms with Crippen LogP contribution in [0, 0.1) is 0 Å². The second-order valence-electron chi connectivity index (χ2n) is 2.14. The molecule has 1 aliphatic heterocycles. The van der Waals surface area contributed by atoms with E-state index in [-0.39, 0.29) is 19.1 Å². The minimum atomic E-state index is -0.217. The molecule has 4 heteroatoms. The van der Waals surface area contributed by atoms with E-state index in [2.05, 4.69) is 0 Å². The molecule has 0 aromatic heterocycles. The van der Waals surface area contributed by atoms with Gasteiger partial charge in [0.2, 0.25) is 5.91 Å². The normalized spacial score (nSPS) is 19.7. The number of carbonyl (C=O) groups excluding carboxylic acids is 1. The molecule has 0 aliphatic carbocycles. The standard InChI is InChI=1S/C6H10NO3/c8-3-1-7-2-4-10-5-6(7)9/h1-5H2/q-1. The topological polar surface area (TPSA) is 52.6 Å². The van der Waals surface area contributed by atoms with Crippen LogP contribution in [0.5, 0.6) is 0 Å². The molecule has 0 saturated carbocycles. The van der Waals surface area contributed by atoms with Crippen LogP contribution in [-0.4, -0.2) is 43.7 Å². The van der Waals surface area contributed by atoms with Crippen molar-refractivity contribution in [2.45, 2.75) is 0 Å². The molecule has 10 heavy (non-hydrogen) atoms. The van der Waals surface area contributed by atoms with Crippen molar-refractivity contribution in [3.05, 3.63) is 0 Å². The summed E-state index contributed by atoms with van der Waals surface area (Å²) in [5, 5.41) is 10.1. The van der Waals surface area contributed by atoms with Gasteiger partial charge in [0, 0.05) is 13.1 Å². The lowest BCUT2D eigenvalue weighted by Gasteiger charge is -2.27. The third-order valence-electron chi connectivity index (χ3n) is 1.44. The Morgan fingerprint density at radius 2 is 2.50 bits per heavy atom. The van der Waals surface area contributed by atoms with Crippen LogP contribution >= 0.6 is 0 Å². The summed E-state index contributed by atoms with van der Waals surface area (Å²) in [5.41, 5.74) is 0. The first-order chi connectivity index (χ1) is 4.84. The first kappa shape index (κ1) is 7.50. The SMILES string of the molecule is O=C1COCCN1CC[O-]. The van der Waals surface area contributed by atoms with Gasteiger partial charge in [-0.05, 0) is 0 Å². The highest BCUT2D eigenvalue weighted by molar-refractivity contribution is 5.77. The smallest absolute Gasteiger partial charge is 0.248 e. The minimum absolute atomic E-state index is 0.0675. The summed E-state index contributed by atoms with van der Waals surface area (Å²) >= 11 is 0. The fourth-order valence-corrected chi connectivity index (χ4v) is 0.897. The molecule has 0 aromatic rings. The van der Waals surface area contributed by atoms with E-state index in [1.54, 1.807) is 0 Å². The highest BCUT2D eigenvalue weighted by Crippen LogP contribution is 1.96. The van der Waals surface area contributed by atoms with Crippen molar-refractivity contribution in [1.29, 1.82) is 0 Å². The molecule has 0 bridgehead atoms. The monoisotopic (exact) mass is 144 g/mol. The summed E-state index contributed by atoms with van der Waals surface area (Å²) < 4.78 is 4.87. The van der Waals surface area contributed by atoms with Crippen molar-refractivity contribution in [3.63, 3.8) is 0 Å².